The van der Waals surface area contributed by atoms with Crippen molar-refractivity contribution in [2.24, 2.45) is 0 Å². The lowest BCUT2D eigenvalue weighted by Crippen LogP contribution is -2.00. The number of fused-ring (bicyclic) bond motifs is 2. The maximum absolute atomic E-state index is 10.2. The van der Waals surface area contributed by atoms with Gasteiger partial charge in [-0.2, -0.15) is 0 Å². The number of phenolic OH excluding ortho intramolecular Hbond substituents is 1. The van der Waals surface area contributed by atoms with Crippen molar-refractivity contribution in [1.82, 2.24) is 9.97 Å². The molecule has 2 heterocycles. The Hall–Kier alpha value is -3.34. The number of hydrogen-bond donors (Lipinski definition) is 1. The van der Waals surface area contributed by atoms with E-state index in [0.29, 0.717) is 23.6 Å². The molecule has 0 unspecified atom stereocenters. The van der Waals surface area contributed by atoms with Crippen molar-refractivity contribution in [2.45, 2.75) is 25.2 Å². The smallest absolute Gasteiger partial charge is 0.161 e. The minimum atomic E-state index is 0.197. The standard InChI is InChI=1S/C24H22N2O3/c1-28-21-11-18-16(10-17-9-8-14-4-3-5-20(27)24(14)26-17)13-25-23(15-6-7-15)19(18)12-22(21)29-2/h3-5,8-9,11-13,15,27H,6-7,10H2,1-2H3. The van der Waals surface area contributed by atoms with Crippen LogP contribution >= 0.6 is 0 Å². The molecule has 2 aromatic carbocycles. The monoisotopic (exact) mass is 386 g/mol. The van der Waals surface area contributed by atoms with Crippen LogP contribution in [0.2, 0.25) is 0 Å². The molecular formula is C24H22N2O3. The summed E-state index contributed by atoms with van der Waals surface area (Å²) < 4.78 is 11.1. The van der Waals surface area contributed by atoms with E-state index >= 15 is 0 Å². The van der Waals surface area contributed by atoms with Crippen LogP contribution in [0.1, 0.15) is 35.7 Å². The first-order valence-corrected chi connectivity index (χ1v) is 9.79. The molecule has 0 bridgehead atoms. The third kappa shape index (κ3) is 3.12. The molecule has 5 heteroatoms. The molecule has 0 radical (unpaired) electrons. The minimum absolute atomic E-state index is 0.197. The number of benzene rings is 2. The second-order valence-electron chi connectivity index (χ2n) is 7.52. The average molecular weight is 386 g/mol. The first-order valence-electron chi connectivity index (χ1n) is 9.79. The predicted molar refractivity (Wildman–Crippen MR) is 113 cm³/mol. The van der Waals surface area contributed by atoms with Crippen LogP contribution in [-0.2, 0) is 6.42 Å². The number of nitrogens with zero attached hydrogens (tertiary/aromatic N) is 2. The molecule has 5 rings (SSSR count). The molecule has 0 amide bonds. The van der Waals surface area contributed by atoms with Gasteiger partial charge in [0.05, 0.1) is 19.9 Å². The molecule has 29 heavy (non-hydrogen) atoms. The fraction of sp³-hybridized carbons (Fsp3) is 0.250. The highest BCUT2D eigenvalue weighted by molar-refractivity contribution is 5.91. The molecule has 4 aromatic rings. The number of aromatic hydroxyl groups is 1. The van der Waals surface area contributed by atoms with Gasteiger partial charge in [0.1, 0.15) is 11.3 Å². The first-order chi connectivity index (χ1) is 14.2. The molecule has 1 fully saturated rings. The third-order valence-electron chi connectivity index (χ3n) is 5.60. The van der Waals surface area contributed by atoms with E-state index in [1.165, 1.54) is 12.8 Å². The molecule has 1 aliphatic carbocycles. The number of aromatic nitrogens is 2. The van der Waals surface area contributed by atoms with Gasteiger partial charge >= 0.3 is 0 Å². The number of pyridine rings is 2. The van der Waals surface area contributed by atoms with Crippen molar-refractivity contribution < 1.29 is 14.6 Å². The fourth-order valence-electron chi connectivity index (χ4n) is 3.93. The number of para-hydroxylation sites is 1. The van der Waals surface area contributed by atoms with Crippen LogP contribution in [0.3, 0.4) is 0 Å². The fourth-order valence-corrected chi connectivity index (χ4v) is 3.93. The lowest BCUT2D eigenvalue weighted by Gasteiger charge is -2.14. The van der Waals surface area contributed by atoms with Gasteiger partial charge in [0.25, 0.3) is 0 Å². The van der Waals surface area contributed by atoms with Crippen molar-refractivity contribution in [1.29, 1.82) is 0 Å². The highest BCUT2D eigenvalue weighted by Crippen LogP contribution is 2.44. The summed E-state index contributed by atoms with van der Waals surface area (Å²) >= 11 is 0. The van der Waals surface area contributed by atoms with E-state index in [1.807, 2.05) is 42.6 Å². The Bertz CT molecular complexity index is 1230. The molecule has 5 nitrogen and oxygen atoms in total. The summed E-state index contributed by atoms with van der Waals surface area (Å²) in [5, 5.41) is 13.3. The molecule has 2 aromatic heterocycles. The van der Waals surface area contributed by atoms with Crippen molar-refractivity contribution in [3.8, 4) is 17.2 Å². The van der Waals surface area contributed by atoms with Crippen LogP contribution in [0.4, 0.5) is 0 Å². The Labute approximate surface area is 168 Å². The zero-order valence-corrected chi connectivity index (χ0v) is 16.5. The summed E-state index contributed by atoms with van der Waals surface area (Å²) in [7, 11) is 3.31. The van der Waals surface area contributed by atoms with Gasteiger partial charge < -0.3 is 14.6 Å². The molecule has 0 aliphatic heterocycles. The molecule has 0 spiro atoms. The third-order valence-corrected chi connectivity index (χ3v) is 5.60. The summed E-state index contributed by atoms with van der Waals surface area (Å²) in [6, 6.07) is 13.5. The normalized spacial score (nSPS) is 13.7. The van der Waals surface area contributed by atoms with Gasteiger partial charge in [0, 0.05) is 35.0 Å². The number of phenols is 1. The van der Waals surface area contributed by atoms with Crippen LogP contribution in [0, 0.1) is 0 Å². The quantitative estimate of drug-likeness (QED) is 0.524. The largest absolute Gasteiger partial charge is 0.506 e. The predicted octanol–water partition coefficient (Wildman–Crippen LogP) is 4.97. The van der Waals surface area contributed by atoms with Gasteiger partial charge in [-0.3, -0.25) is 4.98 Å². The summed E-state index contributed by atoms with van der Waals surface area (Å²) in [5.41, 5.74) is 3.72. The Morgan fingerprint density at radius 1 is 1.00 bits per heavy atom. The van der Waals surface area contributed by atoms with Gasteiger partial charge in [-0.15, -0.1) is 0 Å². The maximum atomic E-state index is 10.2. The van der Waals surface area contributed by atoms with Crippen molar-refractivity contribution in [2.75, 3.05) is 14.2 Å². The topological polar surface area (TPSA) is 64.5 Å². The average Bonchev–Trinajstić information content (AvgIpc) is 3.59. The molecular weight excluding hydrogens is 364 g/mol. The zero-order valence-electron chi connectivity index (χ0n) is 16.5. The SMILES string of the molecule is COc1cc2c(Cc3ccc4cccc(O)c4n3)cnc(C3CC3)c2cc1OC. The van der Waals surface area contributed by atoms with E-state index in [4.69, 9.17) is 14.5 Å². The molecule has 0 atom stereocenters. The van der Waals surface area contributed by atoms with E-state index in [0.717, 1.165) is 38.9 Å². The van der Waals surface area contributed by atoms with Gasteiger partial charge in [0.2, 0.25) is 0 Å². The van der Waals surface area contributed by atoms with Gasteiger partial charge in [-0.25, -0.2) is 4.98 Å². The van der Waals surface area contributed by atoms with E-state index in [2.05, 4.69) is 4.98 Å². The van der Waals surface area contributed by atoms with Crippen LogP contribution in [0.5, 0.6) is 17.2 Å². The lowest BCUT2D eigenvalue weighted by atomic mass is 9.99. The van der Waals surface area contributed by atoms with E-state index in [-0.39, 0.29) is 5.75 Å². The molecule has 146 valence electrons. The first kappa shape index (κ1) is 17.7. The van der Waals surface area contributed by atoms with Gasteiger partial charge in [0.15, 0.2) is 11.5 Å². The summed E-state index contributed by atoms with van der Waals surface area (Å²) in [6.45, 7) is 0. The van der Waals surface area contributed by atoms with E-state index in [9.17, 15) is 5.11 Å². The Balaban J connectivity index is 1.65. The highest BCUT2D eigenvalue weighted by Gasteiger charge is 2.28. The molecule has 1 saturated carbocycles. The maximum Gasteiger partial charge on any atom is 0.161 e. The van der Waals surface area contributed by atoms with Crippen LogP contribution in [-0.4, -0.2) is 29.3 Å². The summed E-state index contributed by atoms with van der Waals surface area (Å²) in [6.07, 6.45) is 4.94. The number of methoxy groups -OCH3 is 2. The van der Waals surface area contributed by atoms with Gasteiger partial charge in [-0.05, 0) is 48.1 Å². The molecule has 0 saturated heterocycles. The van der Waals surface area contributed by atoms with E-state index in [1.54, 1.807) is 20.3 Å². The second-order valence-corrected chi connectivity index (χ2v) is 7.52. The number of ether oxygens (including phenoxy) is 2. The lowest BCUT2D eigenvalue weighted by molar-refractivity contribution is 0.356. The Kier molecular flexibility index (Phi) is 4.23. The zero-order chi connectivity index (χ0) is 20.0. The second kappa shape index (κ2) is 6.92. The van der Waals surface area contributed by atoms with Crippen molar-refractivity contribution >= 4 is 21.7 Å². The highest BCUT2D eigenvalue weighted by atomic mass is 16.5. The van der Waals surface area contributed by atoms with Crippen molar-refractivity contribution in [3.05, 3.63) is 65.6 Å². The van der Waals surface area contributed by atoms with Crippen LogP contribution in [0.25, 0.3) is 21.7 Å². The Morgan fingerprint density at radius 2 is 1.76 bits per heavy atom. The molecule has 1 aliphatic rings. The number of hydrogen-bond acceptors (Lipinski definition) is 5. The van der Waals surface area contributed by atoms with E-state index < -0.39 is 0 Å². The van der Waals surface area contributed by atoms with Crippen LogP contribution < -0.4 is 9.47 Å². The number of rotatable bonds is 5. The van der Waals surface area contributed by atoms with Crippen molar-refractivity contribution in [3.63, 3.8) is 0 Å². The van der Waals surface area contributed by atoms with Gasteiger partial charge in [-0.1, -0.05) is 18.2 Å². The van der Waals surface area contributed by atoms with Crippen LogP contribution in [0.15, 0.2) is 48.7 Å². The minimum Gasteiger partial charge on any atom is -0.506 e. The Morgan fingerprint density at radius 3 is 2.48 bits per heavy atom. The molecule has 1 N–H and O–H groups in total. The summed E-state index contributed by atoms with van der Waals surface area (Å²) in [4.78, 5) is 9.49. The summed E-state index contributed by atoms with van der Waals surface area (Å²) in [5.74, 6) is 2.15.